The first-order valence-corrected chi connectivity index (χ1v) is 5.56. The summed E-state index contributed by atoms with van der Waals surface area (Å²) in [7, 11) is 0. The molecule has 0 atom stereocenters. The number of hydrogen-bond donors (Lipinski definition) is 2. The number of ether oxygens (including phenoxy) is 1. The van der Waals surface area contributed by atoms with Gasteiger partial charge in [-0.3, -0.25) is 4.79 Å². The number of carbonyl (C=O) groups excluding carboxylic acids is 1. The van der Waals surface area contributed by atoms with Gasteiger partial charge in [0.05, 0.1) is 0 Å². The molecule has 0 aromatic heterocycles. The van der Waals surface area contributed by atoms with Crippen molar-refractivity contribution in [2.45, 2.75) is 47.1 Å². The summed E-state index contributed by atoms with van der Waals surface area (Å²) in [6, 6.07) is 0. The van der Waals surface area contributed by atoms with E-state index in [2.05, 4.69) is 38.9 Å². The SMILES string of the molecule is C#C.CC(C)(C)OC(=O)NCC(=O)O.CC(C)C. The minimum atomic E-state index is -1.10. The molecule has 1 amide bonds. The molecule has 0 aliphatic carbocycles. The van der Waals surface area contributed by atoms with E-state index >= 15 is 0 Å². The van der Waals surface area contributed by atoms with E-state index in [4.69, 9.17) is 9.84 Å². The number of rotatable bonds is 2. The van der Waals surface area contributed by atoms with Crippen LogP contribution in [0.4, 0.5) is 4.79 Å². The highest BCUT2D eigenvalue weighted by Gasteiger charge is 2.15. The molecule has 0 aliphatic rings. The summed E-state index contributed by atoms with van der Waals surface area (Å²) < 4.78 is 4.77. The van der Waals surface area contributed by atoms with Crippen LogP contribution in [-0.4, -0.2) is 29.3 Å². The molecule has 0 bridgehead atoms. The zero-order valence-corrected chi connectivity index (χ0v) is 12.1. The van der Waals surface area contributed by atoms with Crippen LogP contribution < -0.4 is 5.32 Å². The van der Waals surface area contributed by atoms with Gasteiger partial charge in [-0.25, -0.2) is 4.79 Å². The fraction of sp³-hybridized carbons (Fsp3) is 0.692. The molecule has 0 aromatic rings. The Kier molecular flexibility index (Phi) is 14.1. The van der Waals surface area contributed by atoms with Gasteiger partial charge < -0.3 is 15.2 Å². The average molecular weight is 259 g/mol. The van der Waals surface area contributed by atoms with Crippen molar-refractivity contribution in [3.05, 3.63) is 0 Å². The van der Waals surface area contributed by atoms with Crippen LogP contribution in [0.15, 0.2) is 0 Å². The second-order valence-electron chi connectivity index (χ2n) is 4.98. The Balaban J connectivity index is -0.000000317. The van der Waals surface area contributed by atoms with Crippen LogP contribution in [0.3, 0.4) is 0 Å². The van der Waals surface area contributed by atoms with Crippen molar-refractivity contribution in [3.8, 4) is 12.8 Å². The normalized spacial score (nSPS) is 9.17. The molecule has 0 heterocycles. The molecule has 0 rings (SSSR count). The molecule has 5 heteroatoms. The second-order valence-corrected chi connectivity index (χ2v) is 4.98. The van der Waals surface area contributed by atoms with Crippen molar-refractivity contribution in [1.29, 1.82) is 0 Å². The molecule has 0 unspecified atom stereocenters. The van der Waals surface area contributed by atoms with Crippen molar-refractivity contribution in [3.63, 3.8) is 0 Å². The molecule has 0 fully saturated rings. The number of amides is 1. The smallest absolute Gasteiger partial charge is 0.408 e. The number of alkyl carbamates (subject to hydrolysis) is 1. The van der Waals surface area contributed by atoms with Crippen LogP contribution in [0.1, 0.15) is 41.5 Å². The summed E-state index contributed by atoms with van der Waals surface area (Å²) in [6.45, 7) is 11.2. The molecule has 0 saturated carbocycles. The Morgan fingerprint density at radius 1 is 1.22 bits per heavy atom. The first-order chi connectivity index (χ1) is 8.04. The van der Waals surface area contributed by atoms with Crippen LogP contribution in [0.5, 0.6) is 0 Å². The van der Waals surface area contributed by atoms with Gasteiger partial charge in [-0.15, -0.1) is 12.8 Å². The molecular weight excluding hydrogens is 234 g/mol. The lowest BCUT2D eigenvalue weighted by Crippen LogP contribution is -2.35. The Labute approximate surface area is 110 Å². The second kappa shape index (κ2) is 11.8. The number of terminal acetylenes is 1. The highest BCUT2D eigenvalue weighted by molar-refractivity contribution is 5.76. The van der Waals surface area contributed by atoms with Crippen molar-refractivity contribution in [2.75, 3.05) is 6.54 Å². The maximum absolute atomic E-state index is 10.8. The van der Waals surface area contributed by atoms with Crippen molar-refractivity contribution in [2.24, 2.45) is 5.92 Å². The molecule has 0 saturated heterocycles. The third-order valence-electron chi connectivity index (χ3n) is 0.783. The summed E-state index contributed by atoms with van der Waals surface area (Å²) in [5.74, 6) is -0.263. The van der Waals surface area contributed by atoms with Crippen LogP contribution in [0, 0.1) is 18.8 Å². The average Bonchev–Trinajstić information content (AvgIpc) is 2.14. The third-order valence-corrected chi connectivity index (χ3v) is 0.783. The maximum atomic E-state index is 10.8. The lowest BCUT2D eigenvalue weighted by Gasteiger charge is -2.19. The van der Waals surface area contributed by atoms with Crippen molar-refractivity contribution < 1.29 is 19.4 Å². The van der Waals surface area contributed by atoms with Gasteiger partial charge in [-0.05, 0) is 26.7 Å². The zero-order chi connectivity index (χ0) is 15.4. The van der Waals surface area contributed by atoms with Gasteiger partial charge in [0.1, 0.15) is 12.1 Å². The number of aliphatic carboxylic acids is 1. The molecule has 0 aliphatic heterocycles. The summed E-state index contributed by atoms with van der Waals surface area (Å²) >= 11 is 0. The van der Waals surface area contributed by atoms with E-state index in [1.807, 2.05) is 0 Å². The summed E-state index contributed by atoms with van der Waals surface area (Å²) in [5, 5.41) is 10.3. The standard InChI is InChI=1S/C7H13NO4.C4H10.C2H2/c1-7(2,3)12-6(11)8-4-5(9)10;1-4(2)3;1-2/h4H2,1-3H3,(H,8,11)(H,9,10);4H,1-3H3;1-2H. The predicted molar refractivity (Wildman–Crippen MR) is 72.3 cm³/mol. The molecule has 18 heavy (non-hydrogen) atoms. The first-order valence-electron chi connectivity index (χ1n) is 5.56. The first kappa shape index (κ1) is 21.6. The number of carbonyl (C=O) groups is 2. The largest absolute Gasteiger partial charge is 0.480 e. The molecule has 0 radical (unpaired) electrons. The predicted octanol–water partition coefficient (Wildman–Crippen LogP) is 2.51. The Bertz CT molecular complexity index is 249. The molecule has 5 nitrogen and oxygen atoms in total. The summed E-state index contributed by atoms with van der Waals surface area (Å²) in [6.07, 6.45) is 7.28. The van der Waals surface area contributed by atoms with Gasteiger partial charge in [0.25, 0.3) is 0 Å². The van der Waals surface area contributed by atoms with Crippen LogP contribution in [-0.2, 0) is 9.53 Å². The summed E-state index contributed by atoms with van der Waals surface area (Å²) in [4.78, 5) is 20.8. The topological polar surface area (TPSA) is 75.6 Å². The van der Waals surface area contributed by atoms with E-state index in [1.165, 1.54) is 0 Å². The zero-order valence-electron chi connectivity index (χ0n) is 12.1. The quantitative estimate of drug-likeness (QED) is 0.747. The van der Waals surface area contributed by atoms with E-state index in [-0.39, 0.29) is 0 Å². The van der Waals surface area contributed by atoms with Crippen molar-refractivity contribution in [1.82, 2.24) is 5.32 Å². The Morgan fingerprint density at radius 3 is 1.78 bits per heavy atom. The van der Waals surface area contributed by atoms with Gasteiger partial charge in [0, 0.05) is 0 Å². The van der Waals surface area contributed by atoms with E-state index in [9.17, 15) is 9.59 Å². The summed E-state index contributed by atoms with van der Waals surface area (Å²) in [5.41, 5.74) is -0.595. The number of carboxylic acids is 1. The highest BCUT2D eigenvalue weighted by atomic mass is 16.6. The lowest BCUT2D eigenvalue weighted by molar-refractivity contribution is -0.136. The molecule has 0 aromatic carbocycles. The van der Waals surface area contributed by atoms with Gasteiger partial charge in [0.2, 0.25) is 0 Å². The third kappa shape index (κ3) is 36.7. The van der Waals surface area contributed by atoms with Crippen molar-refractivity contribution >= 4 is 12.1 Å². The van der Waals surface area contributed by atoms with E-state index < -0.39 is 24.2 Å². The highest BCUT2D eigenvalue weighted by Crippen LogP contribution is 2.05. The lowest BCUT2D eigenvalue weighted by atomic mass is 10.2. The maximum Gasteiger partial charge on any atom is 0.408 e. The molecule has 2 N–H and O–H groups in total. The number of hydrogen-bond acceptors (Lipinski definition) is 3. The number of carboxylic acid groups (broad SMARTS) is 1. The minimum absolute atomic E-state index is 0.422. The molecular formula is C13H25NO4. The van der Waals surface area contributed by atoms with E-state index in [0.29, 0.717) is 0 Å². The van der Waals surface area contributed by atoms with Gasteiger partial charge in [-0.1, -0.05) is 20.8 Å². The Hall–Kier alpha value is -1.70. The van der Waals surface area contributed by atoms with Crippen LogP contribution in [0.25, 0.3) is 0 Å². The van der Waals surface area contributed by atoms with Crippen LogP contribution in [0.2, 0.25) is 0 Å². The fourth-order valence-electron chi connectivity index (χ4n) is 0.462. The molecule has 106 valence electrons. The fourth-order valence-corrected chi connectivity index (χ4v) is 0.462. The van der Waals surface area contributed by atoms with E-state index in [1.54, 1.807) is 20.8 Å². The van der Waals surface area contributed by atoms with Gasteiger partial charge in [-0.2, -0.15) is 0 Å². The number of nitrogens with one attached hydrogen (secondary N) is 1. The Morgan fingerprint density at radius 2 is 1.56 bits per heavy atom. The monoisotopic (exact) mass is 259 g/mol. The minimum Gasteiger partial charge on any atom is -0.480 e. The molecule has 0 spiro atoms. The van der Waals surface area contributed by atoms with Gasteiger partial charge in [0.15, 0.2) is 0 Å². The van der Waals surface area contributed by atoms with Gasteiger partial charge >= 0.3 is 12.1 Å². The van der Waals surface area contributed by atoms with E-state index in [0.717, 1.165) is 5.92 Å². The van der Waals surface area contributed by atoms with Crippen LogP contribution >= 0.6 is 0 Å².